The third-order valence-electron chi connectivity index (χ3n) is 4.18. The molecule has 0 aliphatic carbocycles. The molecule has 1 aromatic rings. The summed E-state index contributed by atoms with van der Waals surface area (Å²) in [4.78, 5) is 12.4. The van der Waals surface area contributed by atoms with Gasteiger partial charge < -0.3 is 10.1 Å². The molecule has 1 aliphatic rings. The van der Waals surface area contributed by atoms with Gasteiger partial charge in [-0.1, -0.05) is 27.7 Å². The van der Waals surface area contributed by atoms with Crippen molar-refractivity contribution in [2.75, 3.05) is 31.6 Å². The van der Waals surface area contributed by atoms with E-state index in [1.807, 2.05) is 32.4 Å². The third kappa shape index (κ3) is 4.93. The van der Waals surface area contributed by atoms with E-state index in [1.54, 1.807) is 0 Å². The zero-order chi connectivity index (χ0) is 19.5. The summed E-state index contributed by atoms with van der Waals surface area (Å²) in [5.41, 5.74) is 1.69. The molecule has 146 valence electrons. The Kier molecular flexibility index (Phi) is 6.59. The van der Waals surface area contributed by atoms with E-state index in [4.69, 9.17) is 4.74 Å². The molecule has 0 unspecified atom stereocenters. The fourth-order valence-corrected chi connectivity index (χ4v) is 3.86. The molecule has 26 heavy (non-hydrogen) atoms. The van der Waals surface area contributed by atoms with Crippen LogP contribution < -0.4 is 10.0 Å². The van der Waals surface area contributed by atoms with Crippen molar-refractivity contribution in [2.45, 2.75) is 39.5 Å². The van der Waals surface area contributed by atoms with Crippen molar-refractivity contribution in [3.63, 3.8) is 0 Å². The van der Waals surface area contributed by atoms with Gasteiger partial charge in [0.1, 0.15) is 5.82 Å². The summed E-state index contributed by atoms with van der Waals surface area (Å²) in [5.74, 6) is -0.479. The molecule has 2 amide bonds. The van der Waals surface area contributed by atoms with Crippen LogP contribution in [0.3, 0.4) is 0 Å². The number of halogens is 1. The van der Waals surface area contributed by atoms with E-state index in [1.165, 1.54) is 12.1 Å². The monoisotopic (exact) mass is 387 g/mol. The molecular weight excluding hydrogens is 361 g/mol. The second kappa shape index (κ2) is 8.32. The average Bonchev–Trinajstić information content (AvgIpc) is 2.56. The number of amides is 2. The number of benzene rings is 1. The van der Waals surface area contributed by atoms with Gasteiger partial charge in [0.25, 0.3) is 0 Å². The Morgan fingerprint density at radius 1 is 1.12 bits per heavy atom. The topological polar surface area (TPSA) is 87.7 Å². The molecule has 1 aliphatic heterocycles. The van der Waals surface area contributed by atoms with Crippen LogP contribution >= 0.6 is 0 Å². The minimum absolute atomic E-state index is 0.0469. The van der Waals surface area contributed by atoms with Crippen LogP contribution in [0, 0.1) is 5.82 Å². The SMILES string of the molecule is CC(C)c1cc(F)cc(C(C)C)c1NC(=O)NS(=O)(=O)N1CCOCC1. The fourth-order valence-electron chi connectivity index (χ4n) is 2.81. The van der Waals surface area contributed by atoms with E-state index in [9.17, 15) is 17.6 Å². The lowest BCUT2D eigenvalue weighted by Gasteiger charge is -2.26. The number of anilines is 1. The molecular formula is C17H26FN3O4S. The molecule has 7 nitrogen and oxygen atoms in total. The number of carbonyl (C=O) groups excluding carboxylic acids is 1. The first-order chi connectivity index (χ1) is 12.1. The van der Waals surface area contributed by atoms with Gasteiger partial charge in [0.15, 0.2) is 0 Å². The molecule has 0 radical (unpaired) electrons. The molecule has 0 aromatic heterocycles. The standard InChI is InChI=1S/C17H26FN3O4S/c1-11(2)14-9-13(18)10-15(12(3)4)16(14)19-17(22)20-26(23,24)21-5-7-25-8-6-21/h9-12H,5-8H2,1-4H3,(H2,19,20,22). The predicted molar refractivity (Wildman–Crippen MR) is 98.0 cm³/mol. The molecule has 1 heterocycles. The van der Waals surface area contributed by atoms with Crippen molar-refractivity contribution in [3.8, 4) is 0 Å². The number of nitrogens with zero attached hydrogens (tertiary/aromatic N) is 1. The molecule has 0 spiro atoms. The van der Waals surface area contributed by atoms with Crippen LogP contribution in [0.15, 0.2) is 12.1 Å². The number of urea groups is 1. The number of morpholine rings is 1. The lowest BCUT2D eigenvalue weighted by molar-refractivity contribution is 0.0726. The second-order valence-corrected chi connectivity index (χ2v) is 8.51. The number of nitrogens with one attached hydrogen (secondary N) is 2. The van der Waals surface area contributed by atoms with Crippen molar-refractivity contribution in [2.24, 2.45) is 0 Å². The van der Waals surface area contributed by atoms with Crippen LogP contribution in [0.25, 0.3) is 0 Å². The van der Waals surface area contributed by atoms with Crippen LogP contribution in [0.4, 0.5) is 14.9 Å². The number of carbonyl (C=O) groups is 1. The minimum atomic E-state index is -3.96. The first-order valence-corrected chi connectivity index (χ1v) is 10.1. The first kappa shape index (κ1) is 20.6. The number of ether oxygens (including phenoxy) is 1. The molecule has 1 saturated heterocycles. The number of rotatable bonds is 5. The summed E-state index contributed by atoms with van der Waals surface area (Å²) in [5, 5.41) is 2.61. The molecule has 2 rings (SSSR count). The van der Waals surface area contributed by atoms with Crippen LogP contribution in [-0.4, -0.2) is 45.1 Å². The smallest absolute Gasteiger partial charge is 0.333 e. The van der Waals surface area contributed by atoms with Gasteiger partial charge in [0.05, 0.1) is 13.2 Å². The van der Waals surface area contributed by atoms with E-state index < -0.39 is 16.2 Å². The molecule has 0 bridgehead atoms. The lowest BCUT2D eigenvalue weighted by Crippen LogP contribution is -2.49. The van der Waals surface area contributed by atoms with Gasteiger partial charge in [-0.3, -0.25) is 0 Å². The van der Waals surface area contributed by atoms with E-state index in [2.05, 4.69) is 5.32 Å². The van der Waals surface area contributed by atoms with Crippen molar-refractivity contribution < 1.29 is 22.3 Å². The highest BCUT2D eigenvalue weighted by Crippen LogP contribution is 2.33. The summed E-state index contributed by atoms with van der Waals surface area (Å²) >= 11 is 0. The predicted octanol–water partition coefficient (Wildman–Crippen LogP) is 2.77. The zero-order valence-corrected chi connectivity index (χ0v) is 16.3. The van der Waals surface area contributed by atoms with Crippen molar-refractivity contribution in [1.29, 1.82) is 0 Å². The van der Waals surface area contributed by atoms with E-state index in [0.717, 1.165) is 4.31 Å². The maximum Gasteiger partial charge on any atom is 0.333 e. The molecule has 9 heteroatoms. The average molecular weight is 387 g/mol. The Morgan fingerprint density at radius 3 is 2.08 bits per heavy atom. The highest BCUT2D eigenvalue weighted by atomic mass is 32.2. The van der Waals surface area contributed by atoms with Gasteiger partial charge >= 0.3 is 16.2 Å². The van der Waals surface area contributed by atoms with E-state index >= 15 is 0 Å². The van der Waals surface area contributed by atoms with E-state index in [-0.39, 0.29) is 44.0 Å². The van der Waals surface area contributed by atoms with Gasteiger partial charge in [-0.05, 0) is 35.1 Å². The fraction of sp³-hybridized carbons (Fsp3) is 0.588. The molecule has 2 N–H and O–H groups in total. The molecule has 0 atom stereocenters. The Labute approximate surface area is 154 Å². The van der Waals surface area contributed by atoms with Crippen LogP contribution in [0.2, 0.25) is 0 Å². The van der Waals surface area contributed by atoms with Gasteiger partial charge in [-0.15, -0.1) is 0 Å². The Bertz CT molecular complexity index is 730. The quantitative estimate of drug-likeness (QED) is 0.813. The second-order valence-electron chi connectivity index (χ2n) is 6.84. The van der Waals surface area contributed by atoms with Crippen LogP contribution in [0.5, 0.6) is 0 Å². The van der Waals surface area contributed by atoms with Crippen molar-refractivity contribution in [3.05, 3.63) is 29.1 Å². The highest BCUT2D eigenvalue weighted by molar-refractivity contribution is 7.87. The maximum absolute atomic E-state index is 13.9. The third-order valence-corrected chi connectivity index (χ3v) is 5.67. The highest BCUT2D eigenvalue weighted by Gasteiger charge is 2.27. The summed E-state index contributed by atoms with van der Waals surface area (Å²) in [7, 11) is -3.96. The Balaban J connectivity index is 2.25. The van der Waals surface area contributed by atoms with Gasteiger partial charge in [-0.2, -0.15) is 12.7 Å². The van der Waals surface area contributed by atoms with Gasteiger partial charge in [0.2, 0.25) is 0 Å². The summed E-state index contributed by atoms with van der Waals surface area (Å²) in [6.07, 6.45) is 0. The number of hydrogen-bond acceptors (Lipinski definition) is 4. The molecule has 1 aromatic carbocycles. The van der Waals surface area contributed by atoms with Crippen LogP contribution in [-0.2, 0) is 14.9 Å². The summed E-state index contributed by atoms with van der Waals surface area (Å²) < 4.78 is 46.9. The molecule has 0 saturated carbocycles. The normalized spacial score (nSPS) is 16.1. The Morgan fingerprint density at radius 2 is 1.62 bits per heavy atom. The summed E-state index contributed by atoms with van der Waals surface area (Å²) in [6.45, 7) is 8.48. The van der Waals surface area contributed by atoms with Crippen LogP contribution in [0.1, 0.15) is 50.7 Å². The largest absolute Gasteiger partial charge is 0.379 e. The zero-order valence-electron chi connectivity index (χ0n) is 15.5. The van der Waals surface area contributed by atoms with E-state index in [0.29, 0.717) is 16.8 Å². The van der Waals surface area contributed by atoms with Gasteiger partial charge in [-0.25, -0.2) is 13.9 Å². The lowest BCUT2D eigenvalue weighted by atomic mass is 9.92. The van der Waals surface area contributed by atoms with Crippen molar-refractivity contribution in [1.82, 2.24) is 9.03 Å². The van der Waals surface area contributed by atoms with Crippen molar-refractivity contribution >= 4 is 21.9 Å². The maximum atomic E-state index is 13.9. The summed E-state index contributed by atoms with van der Waals surface area (Å²) in [6, 6.07) is 1.86. The minimum Gasteiger partial charge on any atom is -0.379 e. The molecule has 1 fully saturated rings. The van der Waals surface area contributed by atoms with Gasteiger partial charge in [0, 0.05) is 18.8 Å². The number of hydrogen-bond donors (Lipinski definition) is 2. The first-order valence-electron chi connectivity index (χ1n) is 8.61. The Hall–Kier alpha value is -1.71.